The number of ether oxygens (including phenoxy) is 1. The van der Waals surface area contributed by atoms with Crippen LogP contribution in [0, 0.1) is 5.92 Å². The topological polar surface area (TPSA) is 95.9 Å². The largest absolute Gasteiger partial charge is 0.480 e. The van der Waals surface area contributed by atoms with Crippen LogP contribution in [0.3, 0.4) is 0 Å². The summed E-state index contributed by atoms with van der Waals surface area (Å²) in [5, 5.41) is 12.9. The molecule has 1 saturated heterocycles. The van der Waals surface area contributed by atoms with E-state index >= 15 is 0 Å². The van der Waals surface area contributed by atoms with Crippen molar-refractivity contribution in [1.29, 1.82) is 0 Å². The summed E-state index contributed by atoms with van der Waals surface area (Å²) in [6.45, 7) is 3.74. The van der Waals surface area contributed by atoms with Crippen molar-refractivity contribution in [2.24, 2.45) is 5.92 Å². The molecule has 1 aromatic carbocycles. The molecular formula is C24H34N2O5. The van der Waals surface area contributed by atoms with Crippen molar-refractivity contribution in [2.75, 3.05) is 6.61 Å². The Morgan fingerprint density at radius 3 is 2.58 bits per heavy atom. The van der Waals surface area contributed by atoms with Gasteiger partial charge in [-0.1, -0.05) is 43.2 Å². The van der Waals surface area contributed by atoms with Crippen LogP contribution in [-0.4, -0.2) is 58.6 Å². The second-order valence-electron chi connectivity index (χ2n) is 8.66. The lowest BCUT2D eigenvalue weighted by Gasteiger charge is -2.35. The Labute approximate surface area is 184 Å². The number of likely N-dealkylation sites (tertiary alicyclic amines) is 1. The van der Waals surface area contributed by atoms with Gasteiger partial charge in [0.05, 0.1) is 12.6 Å². The van der Waals surface area contributed by atoms with E-state index in [9.17, 15) is 19.5 Å². The van der Waals surface area contributed by atoms with Crippen LogP contribution in [0.15, 0.2) is 30.3 Å². The van der Waals surface area contributed by atoms with E-state index in [0.717, 1.165) is 31.2 Å². The minimum absolute atomic E-state index is 0.0167. The fourth-order valence-electron chi connectivity index (χ4n) is 5.06. The molecule has 1 heterocycles. The number of aliphatic carboxylic acids is 1. The van der Waals surface area contributed by atoms with Crippen LogP contribution in [0.5, 0.6) is 0 Å². The molecule has 7 nitrogen and oxygen atoms in total. The quantitative estimate of drug-likeness (QED) is 0.585. The zero-order chi connectivity index (χ0) is 22.4. The Bertz CT molecular complexity index is 768. The maximum absolute atomic E-state index is 13.4. The molecule has 5 atom stereocenters. The maximum atomic E-state index is 13.4. The number of hydrogen-bond acceptors (Lipinski definition) is 5. The van der Waals surface area contributed by atoms with E-state index in [1.807, 2.05) is 30.3 Å². The standard InChI is InChI=1S/C24H34N2O5/c1-3-31-24(30)19(14-13-17-9-5-4-6-10-17)25-16(2)22(27)26-20-12-8-7-11-18(20)15-21(26)23(28)29/h4-6,9-10,16,18-21,25H,3,7-8,11-15H2,1-2H3,(H,28,29)/t16-,18+,19+,20-,21+/m1/s1. The smallest absolute Gasteiger partial charge is 0.326 e. The van der Waals surface area contributed by atoms with Crippen LogP contribution in [0.4, 0.5) is 0 Å². The maximum Gasteiger partial charge on any atom is 0.326 e. The average Bonchev–Trinajstić information content (AvgIpc) is 3.16. The van der Waals surface area contributed by atoms with Gasteiger partial charge >= 0.3 is 11.9 Å². The number of fused-ring (bicyclic) bond motifs is 1. The number of amides is 1. The number of nitrogens with one attached hydrogen (secondary N) is 1. The summed E-state index contributed by atoms with van der Waals surface area (Å²) in [6.07, 6.45) is 5.62. The van der Waals surface area contributed by atoms with Gasteiger partial charge < -0.3 is 14.7 Å². The fourth-order valence-corrected chi connectivity index (χ4v) is 5.06. The normalized spacial score (nSPS) is 24.8. The molecule has 0 spiro atoms. The van der Waals surface area contributed by atoms with Gasteiger partial charge in [0.15, 0.2) is 0 Å². The van der Waals surface area contributed by atoms with E-state index in [1.165, 1.54) is 0 Å². The third-order valence-electron chi connectivity index (χ3n) is 6.58. The first-order valence-corrected chi connectivity index (χ1v) is 11.4. The van der Waals surface area contributed by atoms with E-state index in [2.05, 4.69) is 5.32 Å². The first kappa shape index (κ1) is 23.3. The first-order chi connectivity index (χ1) is 14.9. The lowest BCUT2D eigenvalue weighted by molar-refractivity contribution is -0.152. The molecule has 0 bridgehead atoms. The molecule has 2 N–H and O–H groups in total. The number of carboxylic acids is 1. The van der Waals surface area contributed by atoms with E-state index < -0.39 is 24.1 Å². The van der Waals surface area contributed by atoms with E-state index in [1.54, 1.807) is 18.7 Å². The van der Waals surface area contributed by atoms with Crippen LogP contribution in [0.2, 0.25) is 0 Å². The minimum atomic E-state index is -0.944. The van der Waals surface area contributed by atoms with Gasteiger partial charge in [-0.15, -0.1) is 0 Å². The van der Waals surface area contributed by atoms with Crippen LogP contribution >= 0.6 is 0 Å². The van der Waals surface area contributed by atoms with Gasteiger partial charge in [0.1, 0.15) is 12.1 Å². The molecule has 1 amide bonds. The number of rotatable bonds is 9. The third kappa shape index (κ3) is 5.64. The number of carboxylic acid groups (broad SMARTS) is 1. The number of aryl methyl sites for hydroxylation is 1. The zero-order valence-corrected chi connectivity index (χ0v) is 18.5. The van der Waals surface area contributed by atoms with Crippen molar-refractivity contribution in [3.8, 4) is 0 Å². The summed E-state index contributed by atoms with van der Waals surface area (Å²) < 4.78 is 5.22. The highest BCUT2D eigenvalue weighted by molar-refractivity contribution is 5.88. The Kier molecular flexibility index (Phi) is 8.07. The van der Waals surface area contributed by atoms with Gasteiger partial charge in [-0.3, -0.25) is 14.9 Å². The fraction of sp³-hybridized carbons (Fsp3) is 0.625. The molecule has 0 unspecified atom stereocenters. The molecule has 1 aliphatic heterocycles. The average molecular weight is 431 g/mol. The Morgan fingerprint density at radius 2 is 1.90 bits per heavy atom. The first-order valence-electron chi connectivity index (χ1n) is 11.4. The molecule has 1 aliphatic carbocycles. The van der Waals surface area contributed by atoms with Crippen molar-refractivity contribution in [3.05, 3.63) is 35.9 Å². The number of carbonyl (C=O) groups is 3. The Morgan fingerprint density at radius 1 is 1.19 bits per heavy atom. The van der Waals surface area contributed by atoms with E-state index in [-0.39, 0.29) is 30.4 Å². The highest BCUT2D eigenvalue weighted by Gasteiger charge is 2.48. The molecule has 3 rings (SSSR count). The van der Waals surface area contributed by atoms with E-state index in [0.29, 0.717) is 19.3 Å². The van der Waals surface area contributed by atoms with Crippen molar-refractivity contribution >= 4 is 17.8 Å². The molecule has 1 saturated carbocycles. The van der Waals surface area contributed by atoms with E-state index in [4.69, 9.17) is 4.74 Å². The van der Waals surface area contributed by atoms with Crippen LogP contribution in [-0.2, 0) is 25.5 Å². The minimum Gasteiger partial charge on any atom is -0.480 e. The number of carbonyl (C=O) groups excluding carboxylic acids is 2. The monoisotopic (exact) mass is 430 g/mol. The lowest BCUT2D eigenvalue weighted by atomic mass is 9.84. The molecule has 0 radical (unpaired) electrons. The number of esters is 1. The third-order valence-corrected chi connectivity index (χ3v) is 6.58. The summed E-state index contributed by atoms with van der Waals surface area (Å²) >= 11 is 0. The Balaban J connectivity index is 1.70. The molecule has 7 heteroatoms. The molecule has 31 heavy (non-hydrogen) atoms. The zero-order valence-electron chi connectivity index (χ0n) is 18.5. The van der Waals surface area contributed by atoms with Gasteiger partial charge in [-0.25, -0.2) is 4.79 Å². The lowest BCUT2D eigenvalue weighted by Crippen LogP contribution is -2.55. The predicted molar refractivity (Wildman–Crippen MR) is 116 cm³/mol. The van der Waals surface area contributed by atoms with Gasteiger partial charge in [0.25, 0.3) is 0 Å². The number of benzene rings is 1. The highest BCUT2D eigenvalue weighted by atomic mass is 16.5. The predicted octanol–water partition coefficient (Wildman–Crippen LogP) is 2.77. The summed E-state index contributed by atoms with van der Waals surface area (Å²) in [6, 6.07) is 7.75. The number of nitrogens with zero attached hydrogens (tertiary/aromatic N) is 1. The summed E-state index contributed by atoms with van der Waals surface area (Å²) in [4.78, 5) is 39.3. The summed E-state index contributed by atoms with van der Waals surface area (Å²) in [7, 11) is 0. The summed E-state index contributed by atoms with van der Waals surface area (Å²) in [5.41, 5.74) is 1.10. The van der Waals surface area contributed by atoms with Crippen molar-refractivity contribution in [1.82, 2.24) is 10.2 Å². The molecule has 1 aromatic rings. The van der Waals surface area contributed by atoms with Crippen molar-refractivity contribution < 1.29 is 24.2 Å². The molecule has 2 fully saturated rings. The molecule has 170 valence electrons. The van der Waals surface area contributed by atoms with Gasteiger partial charge in [0.2, 0.25) is 5.91 Å². The Hall–Kier alpha value is -2.41. The van der Waals surface area contributed by atoms with Crippen LogP contribution in [0.25, 0.3) is 0 Å². The van der Waals surface area contributed by atoms with Gasteiger partial charge in [-0.2, -0.15) is 0 Å². The second kappa shape index (κ2) is 10.8. The van der Waals surface area contributed by atoms with Crippen molar-refractivity contribution in [3.63, 3.8) is 0 Å². The van der Waals surface area contributed by atoms with Gasteiger partial charge in [-0.05, 0) is 57.4 Å². The van der Waals surface area contributed by atoms with Crippen molar-refractivity contribution in [2.45, 2.75) is 83.0 Å². The summed E-state index contributed by atoms with van der Waals surface area (Å²) in [5.74, 6) is -1.31. The second-order valence-corrected chi connectivity index (χ2v) is 8.66. The van der Waals surface area contributed by atoms with Crippen LogP contribution in [0.1, 0.15) is 57.9 Å². The van der Waals surface area contributed by atoms with Gasteiger partial charge in [0, 0.05) is 6.04 Å². The number of hydrogen-bond donors (Lipinski definition) is 2. The molecule has 0 aromatic heterocycles. The SMILES string of the molecule is CCOC(=O)[C@H](CCc1ccccc1)N[C@H](C)C(=O)N1[C@@H]2CCCC[C@H]2C[C@H]1C(=O)O. The molecule has 2 aliphatic rings. The highest BCUT2D eigenvalue weighted by Crippen LogP contribution is 2.40. The molecular weight excluding hydrogens is 396 g/mol. The van der Waals surface area contributed by atoms with Crippen LogP contribution < -0.4 is 5.32 Å².